The number of benzene rings is 1. The van der Waals surface area contributed by atoms with Gasteiger partial charge in [-0.05, 0) is 31.5 Å². The highest BCUT2D eigenvalue weighted by Crippen LogP contribution is 2.26. The fourth-order valence-corrected chi connectivity index (χ4v) is 3.83. The molecule has 0 aliphatic carbocycles. The van der Waals surface area contributed by atoms with Crippen molar-refractivity contribution >= 4 is 47.4 Å². The minimum atomic E-state index is -0.173. The summed E-state index contributed by atoms with van der Waals surface area (Å²) in [5.41, 5.74) is 0.342. The molecule has 1 atom stereocenters. The Morgan fingerprint density at radius 1 is 1.00 bits per heavy atom. The molecule has 5 nitrogen and oxygen atoms in total. The second-order valence-corrected chi connectivity index (χ2v) is 7.03. The van der Waals surface area contributed by atoms with Gasteiger partial charge in [0.2, 0.25) is 5.91 Å². The van der Waals surface area contributed by atoms with Crippen molar-refractivity contribution in [1.29, 1.82) is 0 Å². The second-order valence-electron chi connectivity index (χ2n) is 6.22. The molecule has 0 saturated carbocycles. The minimum absolute atomic E-state index is 0. The molecule has 0 bridgehead atoms. The van der Waals surface area contributed by atoms with Crippen molar-refractivity contribution in [2.45, 2.75) is 25.3 Å². The number of carbonyl (C=O) groups is 2. The number of halogens is 3. The van der Waals surface area contributed by atoms with E-state index in [9.17, 15) is 9.59 Å². The SMILES string of the molecule is Cl.O=C(c1c(Cl)cccc1Cl)N1CCN(C(=O)C2CCCCN2)CC1. The molecule has 1 aromatic carbocycles. The van der Waals surface area contributed by atoms with Crippen LogP contribution in [0.3, 0.4) is 0 Å². The van der Waals surface area contributed by atoms with Crippen LogP contribution in [0.25, 0.3) is 0 Å². The molecule has 2 amide bonds. The lowest BCUT2D eigenvalue weighted by Crippen LogP contribution is -2.55. The summed E-state index contributed by atoms with van der Waals surface area (Å²) in [5.74, 6) is -0.0222. The van der Waals surface area contributed by atoms with Gasteiger partial charge in [-0.2, -0.15) is 0 Å². The Labute approximate surface area is 164 Å². The molecule has 0 radical (unpaired) electrons. The van der Waals surface area contributed by atoms with E-state index in [-0.39, 0.29) is 30.3 Å². The van der Waals surface area contributed by atoms with Gasteiger partial charge in [0.1, 0.15) is 0 Å². The molecule has 2 heterocycles. The normalized spacial score (nSPS) is 20.8. The van der Waals surface area contributed by atoms with Gasteiger partial charge in [0, 0.05) is 26.2 Å². The highest BCUT2D eigenvalue weighted by Gasteiger charge is 2.30. The first-order valence-electron chi connectivity index (χ1n) is 8.33. The summed E-state index contributed by atoms with van der Waals surface area (Å²) in [6.45, 7) is 2.99. The van der Waals surface area contributed by atoms with E-state index in [2.05, 4.69) is 5.32 Å². The molecule has 8 heteroatoms. The fourth-order valence-electron chi connectivity index (χ4n) is 3.27. The van der Waals surface area contributed by atoms with Gasteiger partial charge in [0.05, 0.1) is 21.7 Å². The van der Waals surface area contributed by atoms with E-state index in [1.807, 2.05) is 4.90 Å². The van der Waals surface area contributed by atoms with Crippen molar-refractivity contribution in [2.75, 3.05) is 32.7 Å². The van der Waals surface area contributed by atoms with Crippen molar-refractivity contribution in [3.8, 4) is 0 Å². The number of hydrogen-bond acceptors (Lipinski definition) is 3. The van der Waals surface area contributed by atoms with Gasteiger partial charge in [0.25, 0.3) is 5.91 Å². The number of amides is 2. The van der Waals surface area contributed by atoms with E-state index >= 15 is 0 Å². The molecule has 2 fully saturated rings. The van der Waals surface area contributed by atoms with Crippen molar-refractivity contribution in [3.05, 3.63) is 33.8 Å². The first-order chi connectivity index (χ1) is 11.6. The summed E-state index contributed by atoms with van der Waals surface area (Å²) in [7, 11) is 0. The van der Waals surface area contributed by atoms with Gasteiger partial charge in [-0.1, -0.05) is 35.7 Å². The van der Waals surface area contributed by atoms with E-state index in [1.54, 1.807) is 23.1 Å². The van der Waals surface area contributed by atoms with Crippen LogP contribution in [0, 0.1) is 0 Å². The van der Waals surface area contributed by atoms with Crippen molar-refractivity contribution in [1.82, 2.24) is 15.1 Å². The van der Waals surface area contributed by atoms with Crippen LogP contribution < -0.4 is 5.32 Å². The summed E-state index contributed by atoms with van der Waals surface area (Å²) in [4.78, 5) is 28.7. The van der Waals surface area contributed by atoms with Crippen molar-refractivity contribution in [2.24, 2.45) is 0 Å². The monoisotopic (exact) mass is 405 g/mol. The zero-order valence-corrected chi connectivity index (χ0v) is 16.2. The van der Waals surface area contributed by atoms with Gasteiger partial charge in [0.15, 0.2) is 0 Å². The highest BCUT2D eigenvalue weighted by atomic mass is 35.5. The predicted molar refractivity (Wildman–Crippen MR) is 102 cm³/mol. The van der Waals surface area contributed by atoms with Crippen LogP contribution in [-0.2, 0) is 4.79 Å². The van der Waals surface area contributed by atoms with Crippen LogP contribution in [-0.4, -0.2) is 60.4 Å². The highest BCUT2D eigenvalue weighted by molar-refractivity contribution is 6.39. The van der Waals surface area contributed by atoms with Crippen LogP contribution in [0.5, 0.6) is 0 Å². The van der Waals surface area contributed by atoms with Crippen LogP contribution in [0.4, 0.5) is 0 Å². The number of nitrogens with one attached hydrogen (secondary N) is 1. The Balaban J connectivity index is 0.00000225. The number of rotatable bonds is 2. The second kappa shape index (κ2) is 9.08. The molecule has 2 aliphatic heterocycles. The van der Waals surface area contributed by atoms with Crippen LogP contribution >= 0.6 is 35.6 Å². The molecule has 0 spiro atoms. The molecular weight excluding hydrogens is 385 g/mol. The average Bonchev–Trinajstić information content (AvgIpc) is 2.62. The third-order valence-corrected chi connectivity index (χ3v) is 5.29. The third kappa shape index (κ3) is 4.59. The standard InChI is InChI=1S/C17H21Cl2N3O2.ClH/c18-12-4-3-5-13(19)15(12)17(24)22-10-8-21(9-11-22)16(23)14-6-1-2-7-20-14;/h3-5,14,20H,1-2,6-11H2;1H. The lowest BCUT2D eigenvalue weighted by atomic mass is 10.0. The third-order valence-electron chi connectivity index (χ3n) is 4.66. The first-order valence-corrected chi connectivity index (χ1v) is 9.09. The van der Waals surface area contributed by atoms with E-state index in [1.165, 1.54) is 0 Å². The van der Waals surface area contributed by atoms with E-state index in [4.69, 9.17) is 23.2 Å². The Hall–Kier alpha value is -1.01. The van der Waals surface area contributed by atoms with Crippen LogP contribution in [0.1, 0.15) is 29.6 Å². The zero-order valence-electron chi connectivity index (χ0n) is 13.8. The quantitative estimate of drug-likeness (QED) is 0.821. The first kappa shape index (κ1) is 20.3. The maximum absolute atomic E-state index is 12.7. The number of nitrogens with zero attached hydrogens (tertiary/aromatic N) is 2. The summed E-state index contributed by atoms with van der Waals surface area (Å²) >= 11 is 12.2. The fraction of sp³-hybridized carbons (Fsp3) is 0.529. The van der Waals surface area contributed by atoms with Crippen LogP contribution in [0.15, 0.2) is 18.2 Å². The maximum atomic E-state index is 12.7. The molecule has 2 saturated heterocycles. The topological polar surface area (TPSA) is 52.7 Å². The molecule has 1 aromatic rings. The number of carbonyl (C=O) groups excluding carboxylic acids is 2. The maximum Gasteiger partial charge on any atom is 0.257 e. The molecule has 3 rings (SSSR count). The van der Waals surface area contributed by atoms with E-state index in [0.29, 0.717) is 41.8 Å². The van der Waals surface area contributed by atoms with Crippen molar-refractivity contribution in [3.63, 3.8) is 0 Å². The molecule has 25 heavy (non-hydrogen) atoms. The Morgan fingerprint density at radius 2 is 1.60 bits per heavy atom. The van der Waals surface area contributed by atoms with Gasteiger partial charge in [-0.15, -0.1) is 12.4 Å². The smallest absolute Gasteiger partial charge is 0.257 e. The molecule has 1 unspecified atom stereocenters. The Kier molecular flexibility index (Phi) is 7.37. The number of piperidine rings is 1. The molecule has 1 N–H and O–H groups in total. The van der Waals surface area contributed by atoms with E-state index in [0.717, 1.165) is 25.8 Å². The Bertz CT molecular complexity index is 607. The lowest BCUT2D eigenvalue weighted by Gasteiger charge is -2.37. The molecule has 138 valence electrons. The summed E-state index contributed by atoms with van der Waals surface area (Å²) < 4.78 is 0. The lowest BCUT2D eigenvalue weighted by molar-refractivity contribution is -0.135. The predicted octanol–water partition coefficient (Wildman–Crippen LogP) is 2.84. The molecule has 0 aromatic heterocycles. The van der Waals surface area contributed by atoms with Gasteiger partial charge in [-0.3, -0.25) is 9.59 Å². The number of piperazine rings is 1. The van der Waals surface area contributed by atoms with Gasteiger partial charge < -0.3 is 15.1 Å². The summed E-state index contributed by atoms with van der Waals surface area (Å²) in [6, 6.07) is 4.97. The molecule has 2 aliphatic rings. The minimum Gasteiger partial charge on any atom is -0.338 e. The van der Waals surface area contributed by atoms with E-state index < -0.39 is 0 Å². The van der Waals surface area contributed by atoms with Gasteiger partial charge >= 0.3 is 0 Å². The Morgan fingerprint density at radius 3 is 2.16 bits per heavy atom. The zero-order chi connectivity index (χ0) is 17.1. The largest absolute Gasteiger partial charge is 0.338 e. The van der Waals surface area contributed by atoms with Crippen molar-refractivity contribution < 1.29 is 9.59 Å². The molecular formula is C17H22Cl3N3O2. The number of hydrogen-bond donors (Lipinski definition) is 1. The average molecular weight is 407 g/mol. The summed E-state index contributed by atoms with van der Waals surface area (Å²) in [6.07, 6.45) is 3.12. The summed E-state index contributed by atoms with van der Waals surface area (Å²) in [5, 5.41) is 4.00. The van der Waals surface area contributed by atoms with Crippen LogP contribution in [0.2, 0.25) is 10.0 Å². The van der Waals surface area contributed by atoms with Gasteiger partial charge in [-0.25, -0.2) is 0 Å².